The lowest BCUT2D eigenvalue weighted by Crippen LogP contribution is -2.36. The smallest absolute Gasteiger partial charge is 0.0386 e. The molecule has 0 spiro atoms. The van der Waals surface area contributed by atoms with Crippen LogP contribution in [0.15, 0.2) is 17.5 Å². The molecule has 1 aliphatic heterocycles. The van der Waals surface area contributed by atoms with E-state index in [0.29, 0.717) is 6.04 Å². The Morgan fingerprint density at radius 1 is 1.59 bits per heavy atom. The predicted molar refractivity (Wildman–Crippen MR) is 75.6 cm³/mol. The average Bonchev–Trinajstić information content (AvgIpc) is 2.99. The monoisotopic (exact) mass is 252 g/mol. The molecule has 0 aliphatic carbocycles. The molecular formula is C14H24N2S. The zero-order chi connectivity index (χ0) is 12.1. The first-order valence-corrected chi connectivity index (χ1v) is 7.70. The fourth-order valence-electron chi connectivity index (χ4n) is 2.71. The van der Waals surface area contributed by atoms with Gasteiger partial charge in [-0.1, -0.05) is 13.0 Å². The molecule has 1 fully saturated rings. The van der Waals surface area contributed by atoms with Crippen molar-refractivity contribution < 1.29 is 0 Å². The van der Waals surface area contributed by atoms with E-state index in [2.05, 4.69) is 41.6 Å². The van der Waals surface area contributed by atoms with Crippen molar-refractivity contribution >= 4 is 11.3 Å². The highest BCUT2D eigenvalue weighted by molar-refractivity contribution is 7.10. The summed E-state index contributed by atoms with van der Waals surface area (Å²) < 4.78 is 0. The van der Waals surface area contributed by atoms with E-state index in [1.807, 2.05) is 11.3 Å². The fraction of sp³-hybridized carbons (Fsp3) is 0.714. The third-order valence-corrected chi connectivity index (χ3v) is 4.84. The zero-order valence-corrected chi connectivity index (χ0v) is 11.8. The van der Waals surface area contributed by atoms with Gasteiger partial charge in [0, 0.05) is 30.1 Å². The first-order valence-electron chi connectivity index (χ1n) is 6.82. The summed E-state index contributed by atoms with van der Waals surface area (Å²) in [6.45, 7) is 8.18. The Hall–Kier alpha value is -0.380. The van der Waals surface area contributed by atoms with Crippen LogP contribution in [-0.2, 0) is 0 Å². The van der Waals surface area contributed by atoms with Crippen molar-refractivity contribution in [2.75, 3.05) is 19.6 Å². The van der Waals surface area contributed by atoms with Gasteiger partial charge in [0.25, 0.3) is 0 Å². The lowest BCUT2D eigenvalue weighted by molar-refractivity contribution is 0.246. The minimum absolute atomic E-state index is 0.498. The highest BCUT2D eigenvalue weighted by Gasteiger charge is 2.21. The largest absolute Gasteiger partial charge is 0.308 e. The molecule has 2 nitrogen and oxygen atoms in total. The quantitative estimate of drug-likeness (QED) is 0.836. The van der Waals surface area contributed by atoms with Crippen molar-refractivity contribution in [2.45, 2.75) is 45.2 Å². The van der Waals surface area contributed by atoms with Crippen LogP contribution in [0.4, 0.5) is 0 Å². The molecule has 0 bridgehead atoms. The topological polar surface area (TPSA) is 15.3 Å². The van der Waals surface area contributed by atoms with Crippen LogP contribution in [0.1, 0.15) is 44.0 Å². The van der Waals surface area contributed by atoms with Gasteiger partial charge in [0.1, 0.15) is 0 Å². The van der Waals surface area contributed by atoms with Crippen LogP contribution in [0.5, 0.6) is 0 Å². The van der Waals surface area contributed by atoms with Crippen LogP contribution in [0.2, 0.25) is 0 Å². The maximum Gasteiger partial charge on any atom is 0.0386 e. The summed E-state index contributed by atoms with van der Waals surface area (Å²) in [5.74, 6) is 0. The molecule has 3 heteroatoms. The van der Waals surface area contributed by atoms with Crippen LogP contribution in [0.25, 0.3) is 0 Å². The summed E-state index contributed by atoms with van der Waals surface area (Å²) in [6.07, 6.45) is 4.09. The van der Waals surface area contributed by atoms with Gasteiger partial charge in [-0.3, -0.25) is 4.90 Å². The second-order valence-electron chi connectivity index (χ2n) is 4.93. The van der Waals surface area contributed by atoms with Gasteiger partial charge in [-0.2, -0.15) is 0 Å². The molecule has 2 unspecified atom stereocenters. The van der Waals surface area contributed by atoms with Crippen LogP contribution in [-0.4, -0.2) is 30.6 Å². The third kappa shape index (κ3) is 3.54. The van der Waals surface area contributed by atoms with Crippen LogP contribution < -0.4 is 5.32 Å². The number of nitrogens with one attached hydrogen (secondary N) is 1. The molecule has 1 aliphatic rings. The van der Waals surface area contributed by atoms with Crippen LogP contribution >= 0.6 is 11.3 Å². The Balaban J connectivity index is 1.69. The van der Waals surface area contributed by atoms with Crippen molar-refractivity contribution in [3.05, 3.63) is 22.4 Å². The van der Waals surface area contributed by atoms with Crippen molar-refractivity contribution in [1.82, 2.24) is 10.2 Å². The molecule has 2 heterocycles. The number of hydrogen-bond acceptors (Lipinski definition) is 3. The molecule has 0 saturated carbocycles. The third-order valence-electron chi connectivity index (χ3n) is 3.79. The number of nitrogens with zero attached hydrogens (tertiary/aromatic N) is 1. The molecule has 17 heavy (non-hydrogen) atoms. The summed E-state index contributed by atoms with van der Waals surface area (Å²) in [4.78, 5) is 4.09. The Morgan fingerprint density at radius 2 is 2.47 bits per heavy atom. The minimum atomic E-state index is 0.498. The van der Waals surface area contributed by atoms with Crippen molar-refractivity contribution in [2.24, 2.45) is 0 Å². The van der Waals surface area contributed by atoms with E-state index in [4.69, 9.17) is 0 Å². The summed E-state index contributed by atoms with van der Waals surface area (Å²) in [7, 11) is 0. The second-order valence-corrected chi connectivity index (χ2v) is 5.91. The fourth-order valence-corrected chi connectivity index (χ4v) is 3.47. The maximum absolute atomic E-state index is 3.63. The second kappa shape index (κ2) is 6.53. The molecule has 1 aromatic heterocycles. The van der Waals surface area contributed by atoms with E-state index < -0.39 is 0 Å². The molecule has 1 saturated heterocycles. The number of rotatable bonds is 6. The Labute approximate surface area is 109 Å². The Kier molecular flexibility index (Phi) is 5.01. The molecule has 0 radical (unpaired) electrons. The minimum Gasteiger partial charge on any atom is -0.308 e. The molecular weight excluding hydrogens is 228 g/mol. The summed E-state index contributed by atoms with van der Waals surface area (Å²) in [5, 5.41) is 5.78. The SMILES string of the molecule is CCC1CCCN1CCNC(C)c1cccs1. The molecule has 0 aromatic carbocycles. The number of thiophene rings is 1. The van der Waals surface area contributed by atoms with Gasteiger partial charge in [0.2, 0.25) is 0 Å². The standard InChI is InChI=1S/C14H24N2S/c1-3-13-6-4-9-16(13)10-8-15-12(2)14-7-5-11-17-14/h5,7,11-13,15H,3-4,6,8-10H2,1-2H3. The van der Waals surface area contributed by atoms with E-state index in [-0.39, 0.29) is 0 Å². The zero-order valence-electron chi connectivity index (χ0n) is 11.0. The molecule has 96 valence electrons. The average molecular weight is 252 g/mol. The molecule has 1 N–H and O–H groups in total. The normalized spacial score (nSPS) is 23.1. The van der Waals surface area contributed by atoms with Gasteiger partial charge in [0.05, 0.1) is 0 Å². The van der Waals surface area contributed by atoms with E-state index in [1.54, 1.807) is 0 Å². The van der Waals surface area contributed by atoms with E-state index in [0.717, 1.165) is 12.6 Å². The van der Waals surface area contributed by atoms with E-state index in [1.165, 1.54) is 37.2 Å². The van der Waals surface area contributed by atoms with Gasteiger partial charge >= 0.3 is 0 Å². The van der Waals surface area contributed by atoms with Crippen molar-refractivity contribution in [1.29, 1.82) is 0 Å². The Morgan fingerprint density at radius 3 is 3.18 bits per heavy atom. The van der Waals surface area contributed by atoms with Gasteiger partial charge in [-0.15, -0.1) is 11.3 Å². The first kappa shape index (κ1) is 13.1. The van der Waals surface area contributed by atoms with Crippen LogP contribution in [0.3, 0.4) is 0 Å². The highest BCUT2D eigenvalue weighted by Crippen LogP contribution is 2.20. The van der Waals surface area contributed by atoms with Crippen molar-refractivity contribution in [3.63, 3.8) is 0 Å². The molecule has 1 aromatic rings. The highest BCUT2D eigenvalue weighted by atomic mass is 32.1. The first-order chi connectivity index (χ1) is 8.31. The van der Waals surface area contributed by atoms with Gasteiger partial charge in [-0.05, 0) is 44.2 Å². The maximum atomic E-state index is 3.63. The van der Waals surface area contributed by atoms with E-state index in [9.17, 15) is 0 Å². The van der Waals surface area contributed by atoms with Gasteiger partial charge in [-0.25, -0.2) is 0 Å². The summed E-state index contributed by atoms with van der Waals surface area (Å²) in [5.41, 5.74) is 0. The van der Waals surface area contributed by atoms with Gasteiger partial charge < -0.3 is 5.32 Å². The number of hydrogen-bond donors (Lipinski definition) is 1. The summed E-state index contributed by atoms with van der Waals surface area (Å²) in [6, 6.07) is 5.69. The van der Waals surface area contributed by atoms with Crippen molar-refractivity contribution in [3.8, 4) is 0 Å². The lowest BCUT2D eigenvalue weighted by atomic mass is 10.2. The van der Waals surface area contributed by atoms with E-state index >= 15 is 0 Å². The van der Waals surface area contributed by atoms with Gasteiger partial charge in [0.15, 0.2) is 0 Å². The molecule has 2 atom stereocenters. The van der Waals surface area contributed by atoms with Crippen LogP contribution in [0, 0.1) is 0 Å². The number of likely N-dealkylation sites (tertiary alicyclic amines) is 1. The molecule has 2 rings (SSSR count). The summed E-state index contributed by atoms with van der Waals surface area (Å²) >= 11 is 1.84. The predicted octanol–water partition coefficient (Wildman–Crippen LogP) is 3.27. The Bertz CT molecular complexity index is 310. The molecule has 0 amide bonds. The lowest BCUT2D eigenvalue weighted by Gasteiger charge is -2.24.